The number of unbranched alkanes of at least 4 members (excludes halogenated alkanes) is 5. The molecule has 122 valence electrons. The minimum atomic E-state index is -0.145. The van der Waals surface area contributed by atoms with Crippen LogP contribution in [0.2, 0.25) is 0 Å². The lowest BCUT2D eigenvalue weighted by Gasteiger charge is -2.29. The van der Waals surface area contributed by atoms with Gasteiger partial charge in [0.1, 0.15) is 3.70 Å². The normalized spacial score (nSPS) is 14.4. The maximum atomic E-state index is 14.5. The summed E-state index contributed by atoms with van der Waals surface area (Å²) < 4.78 is 16.7. The van der Waals surface area contributed by atoms with Crippen LogP contribution in [-0.2, 0) is 12.5 Å². The molecule has 0 radical (unpaired) electrons. The number of hydrogen-bond donors (Lipinski definition) is 0. The van der Waals surface area contributed by atoms with E-state index in [9.17, 15) is 4.39 Å². The van der Waals surface area contributed by atoms with Crippen LogP contribution in [0, 0.1) is 9.65 Å². The first-order valence-electron chi connectivity index (χ1n) is 8.34. The molecule has 0 saturated carbocycles. The first-order chi connectivity index (χ1) is 9.96. The number of hydrogen-bond acceptors (Lipinski definition) is 1. The highest BCUT2D eigenvalue weighted by Gasteiger charge is 2.33. The van der Waals surface area contributed by atoms with E-state index in [0.717, 1.165) is 22.1 Å². The molecule has 1 rings (SSSR count). The second kappa shape index (κ2) is 9.11. The Bertz CT molecular complexity index is 431. The van der Waals surface area contributed by atoms with Crippen molar-refractivity contribution in [2.24, 2.45) is 7.05 Å². The molecular weight excluding hydrogens is 378 g/mol. The molecular formula is C17H30FIN2. The fraction of sp³-hybridized carbons (Fsp3) is 0.824. The van der Waals surface area contributed by atoms with Gasteiger partial charge in [-0.05, 0) is 40.8 Å². The zero-order valence-corrected chi connectivity index (χ0v) is 16.2. The average molecular weight is 408 g/mol. The van der Waals surface area contributed by atoms with Gasteiger partial charge in [-0.2, -0.15) is 9.49 Å². The van der Waals surface area contributed by atoms with Gasteiger partial charge in [0.2, 0.25) is 5.95 Å². The van der Waals surface area contributed by atoms with Crippen molar-refractivity contribution in [1.29, 1.82) is 0 Å². The number of aryl methyl sites for hydroxylation is 1. The van der Waals surface area contributed by atoms with Gasteiger partial charge in [0.05, 0.1) is 0 Å². The summed E-state index contributed by atoms with van der Waals surface area (Å²) in [5.74, 6) is -0.145. The largest absolute Gasteiger partial charge is 0.241 e. The Morgan fingerprint density at radius 3 is 2.05 bits per heavy atom. The summed E-state index contributed by atoms with van der Waals surface area (Å²) in [4.78, 5) is 0. The van der Waals surface area contributed by atoms with Crippen molar-refractivity contribution >= 4 is 22.6 Å². The third-order valence-electron chi connectivity index (χ3n) is 4.45. The number of rotatable bonds is 10. The van der Waals surface area contributed by atoms with Crippen molar-refractivity contribution in [2.45, 2.75) is 84.0 Å². The minimum Gasteiger partial charge on any atom is -0.241 e. The average Bonchev–Trinajstić information content (AvgIpc) is 2.69. The SMILES string of the molecule is CCCCCCC(C)(CCCCC)c1c(I)nn(C)c1F. The molecule has 0 amide bonds. The standard InChI is InChI=1S/C17H30FIN2/c1-5-7-9-11-13-17(3,12-10-8-6-2)14-15(18)21(4)20-16(14)19/h5-13H2,1-4H3. The fourth-order valence-corrected chi connectivity index (χ4v) is 4.25. The number of nitrogens with zero attached hydrogens (tertiary/aromatic N) is 2. The topological polar surface area (TPSA) is 17.8 Å². The summed E-state index contributed by atoms with van der Waals surface area (Å²) in [5.41, 5.74) is 0.774. The summed E-state index contributed by atoms with van der Waals surface area (Å²) in [6, 6.07) is 0. The highest BCUT2D eigenvalue weighted by Crippen LogP contribution is 2.39. The zero-order valence-electron chi connectivity index (χ0n) is 14.0. The Morgan fingerprint density at radius 2 is 1.57 bits per heavy atom. The van der Waals surface area contributed by atoms with E-state index in [2.05, 4.69) is 48.5 Å². The Labute approximate surface area is 143 Å². The summed E-state index contributed by atoms with van der Waals surface area (Å²) in [5, 5.41) is 4.28. The van der Waals surface area contributed by atoms with Crippen LogP contribution in [0.25, 0.3) is 0 Å². The number of halogens is 2. The van der Waals surface area contributed by atoms with E-state index in [4.69, 9.17) is 0 Å². The number of aromatic nitrogens is 2. The molecule has 0 saturated heterocycles. The van der Waals surface area contributed by atoms with Crippen LogP contribution in [0.5, 0.6) is 0 Å². The highest BCUT2D eigenvalue weighted by molar-refractivity contribution is 14.1. The molecule has 0 fully saturated rings. The van der Waals surface area contributed by atoms with Crippen molar-refractivity contribution in [3.05, 3.63) is 15.2 Å². The molecule has 0 bridgehead atoms. The van der Waals surface area contributed by atoms with Gasteiger partial charge in [0, 0.05) is 12.6 Å². The Morgan fingerprint density at radius 1 is 1.05 bits per heavy atom. The Kier molecular flexibility index (Phi) is 8.21. The van der Waals surface area contributed by atoms with Crippen molar-refractivity contribution in [3.8, 4) is 0 Å². The smallest absolute Gasteiger partial charge is 0.216 e. The lowest BCUT2D eigenvalue weighted by Crippen LogP contribution is -2.24. The molecule has 1 aromatic rings. The molecule has 0 aliphatic carbocycles. The molecule has 21 heavy (non-hydrogen) atoms. The lowest BCUT2D eigenvalue weighted by molar-refractivity contribution is 0.345. The van der Waals surface area contributed by atoms with Crippen molar-refractivity contribution in [3.63, 3.8) is 0 Å². The lowest BCUT2D eigenvalue weighted by atomic mass is 9.75. The Hall–Kier alpha value is -0.130. The van der Waals surface area contributed by atoms with Crippen LogP contribution in [-0.4, -0.2) is 9.78 Å². The molecule has 0 aliphatic rings. The van der Waals surface area contributed by atoms with Crippen LogP contribution >= 0.6 is 22.6 Å². The third-order valence-corrected chi connectivity index (χ3v) is 5.21. The third kappa shape index (κ3) is 5.22. The highest BCUT2D eigenvalue weighted by atomic mass is 127. The Balaban J connectivity index is 2.88. The van der Waals surface area contributed by atoms with Crippen molar-refractivity contribution in [2.75, 3.05) is 0 Å². The minimum absolute atomic E-state index is 0.0716. The van der Waals surface area contributed by atoms with Crippen molar-refractivity contribution in [1.82, 2.24) is 9.78 Å². The molecule has 0 spiro atoms. The molecule has 0 aliphatic heterocycles. The van der Waals surface area contributed by atoms with E-state index in [1.807, 2.05) is 0 Å². The van der Waals surface area contributed by atoms with Crippen molar-refractivity contribution < 1.29 is 4.39 Å². The van der Waals surface area contributed by atoms with Crippen LogP contribution in [0.3, 0.4) is 0 Å². The fourth-order valence-electron chi connectivity index (χ4n) is 3.05. The van der Waals surface area contributed by atoms with Crippen LogP contribution in [0.4, 0.5) is 4.39 Å². The van der Waals surface area contributed by atoms with Crippen LogP contribution in [0.15, 0.2) is 0 Å². The van der Waals surface area contributed by atoms with Gasteiger partial charge in [-0.25, -0.2) is 4.68 Å². The summed E-state index contributed by atoms with van der Waals surface area (Å²) in [7, 11) is 1.70. The van der Waals surface area contributed by atoms with E-state index in [-0.39, 0.29) is 11.4 Å². The molecule has 1 unspecified atom stereocenters. The molecule has 1 aromatic heterocycles. The van der Waals surface area contributed by atoms with Gasteiger partial charge in [-0.1, -0.05) is 65.7 Å². The predicted molar refractivity (Wildman–Crippen MR) is 96.1 cm³/mol. The van der Waals surface area contributed by atoms with E-state index < -0.39 is 0 Å². The zero-order chi connectivity index (χ0) is 15.9. The quantitative estimate of drug-likeness (QED) is 0.344. The molecule has 0 N–H and O–H groups in total. The second-order valence-electron chi connectivity index (χ2n) is 6.41. The van der Waals surface area contributed by atoms with Gasteiger partial charge in [0.25, 0.3) is 0 Å². The van der Waals surface area contributed by atoms with Crippen LogP contribution in [0.1, 0.15) is 84.1 Å². The second-order valence-corrected chi connectivity index (χ2v) is 7.43. The monoisotopic (exact) mass is 408 g/mol. The predicted octanol–water partition coefficient (Wildman–Crippen LogP) is 5.97. The van der Waals surface area contributed by atoms with Gasteiger partial charge in [-0.15, -0.1) is 0 Å². The van der Waals surface area contributed by atoms with E-state index in [1.165, 1.54) is 49.6 Å². The van der Waals surface area contributed by atoms with Crippen LogP contribution < -0.4 is 0 Å². The van der Waals surface area contributed by atoms with Gasteiger partial charge in [-0.3, -0.25) is 0 Å². The maximum absolute atomic E-state index is 14.5. The summed E-state index contributed by atoms with van der Waals surface area (Å²) in [6.45, 7) is 6.67. The van der Waals surface area contributed by atoms with E-state index >= 15 is 0 Å². The molecule has 2 nitrogen and oxygen atoms in total. The molecule has 1 heterocycles. The van der Waals surface area contributed by atoms with E-state index in [0.29, 0.717) is 0 Å². The molecule has 4 heteroatoms. The van der Waals surface area contributed by atoms with Gasteiger partial charge < -0.3 is 0 Å². The molecule has 1 atom stereocenters. The maximum Gasteiger partial charge on any atom is 0.216 e. The molecule has 0 aromatic carbocycles. The first-order valence-corrected chi connectivity index (χ1v) is 9.42. The summed E-state index contributed by atoms with van der Waals surface area (Å²) in [6.07, 6.45) is 10.7. The van der Waals surface area contributed by atoms with Gasteiger partial charge >= 0.3 is 0 Å². The summed E-state index contributed by atoms with van der Waals surface area (Å²) >= 11 is 2.19. The first kappa shape index (κ1) is 18.9. The van der Waals surface area contributed by atoms with Gasteiger partial charge in [0.15, 0.2) is 0 Å². The van der Waals surface area contributed by atoms with E-state index in [1.54, 1.807) is 7.05 Å².